The molecule has 0 saturated heterocycles. The Morgan fingerprint density at radius 2 is 2.32 bits per heavy atom. The van der Waals surface area contributed by atoms with Crippen molar-refractivity contribution in [3.8, 4) is 0 Å². The molecule has 3 rings (SSSR count). The first-order valence-corrected chi connectivity index (χ1v) is 7.82. The molecule has 0 amide bonds. The van der Waals surface area contributed by atoms with Crippen LogP contribution in [0.3, 0.4) is 0 Å². The molecule has 0 aliphatic carbocycles. The molecule has 19 heavy (non-hydrogen) atoms. The molecule has 1 N–H and O–H groups in total. The maximum atomic E-state index is 5.41. The molecule has 3 aromatic rings. The van der Waals surface area contributed by atoms with Crippen molar-refractivity contribution in [2.24, 2.45) is 0 Å². The van der Waals surface area contributed by atoms with Crippen LogP contribution in [-0.4, -0.2) is 19.5 Å². The number of aromatic amines is 1. The van der Waals surface area contributed by atoms with Crippen molar-refractivity contribution in [2.45, 2.75) is 19.9 Å². The van der Waals surface area contributed by atoms with Crippen molar-refractivity contribution < 1.29 is 0 Å². The van der Waals surface area contributed by atoms with Crippen LogP contribution in [0.2, 0.25) is 0 Å². The Morgan fingerprint density at radius 1 is 1.53 bits per heavy atom. The monoisotopic (exact) mass is 354 g/mol. The Balaban J connectivity index is 2.19. The molecule has 0 bridgehead atoms. The number of nitrogens with one attached hydrogen (secondary N) is 1. The Hall–Kier alpha value is -1.05. The fourth-order valence-corrected chi connectivity index (χ4v) is 3.55. The summed E-state index contributed by atoms with van der Waals surface area (Å²) in [7, 11) is 0. The highest BCUT2D eigenvalue weighted by molar-refractivity contribution is 9.10. The van der Waals surface area contributed by atoms with E-state index in [-0.39, 0.29) is 6.04 Å². The molecule has 1 unspecified atom stereocenters. The van der Waals surface area contributed by atoms with Crippen molar-refractivity contribution in [1.29, 1.82) is 0 Å². The number of fused-ring (bicyclic) bond motifs is 1. The summed E-state index contributed by atoms with van der Waals surface area (Å²) < 4.78 is 3.61. The van der Waals surface area contributed by atoms with Crippen molar-refractivity contribution in [3.05, 3.63) is 37.6 Å². The predicted molar refractivity (Wildman–Crippen MR) is 83.3 cm³/mol. The number of nitrogens with zero attached hydrogens (tertiary/aromatic N) is 3. The van der Waals surface area contributed by atoms with Crippen molar-refractivity contribution in [3.63, 3.8) is 0 Å². The average Bonchev–Trinajstić information content (AvgIpc) is 2.91. The Kier molecular flexibility index (Phi) is 3.28. The smallest absolute Gasteiger partial charge is 0.179 e. The summed E-state index contributed by atoms with van der Waals surface area (Å²) in [5, 5.41) is 3.09. The van der Waals surface area contributed by atoms with Gasteiger partial charge in [-0.15, -0.1) is 11.3 Å². The summed E-state index contributed by atoms with van der Waals surface area (Å²) in [6.45, 7) is 4.08. The molecule has 0 radical (unpaired) electrons. The molecule has 0 aromatic carbocycles. The van der Waals surface area contributed by atoms with Gasteiger partial charge in [-0.2, -0.15) is 0 Å². The van der Waals surface area contributed by atoms with E-state index < -0.39 is 0 Å². The molecule has 0 saturated carbocycles. The van der Waals surface area contributed by atoms with Crippen LogP contribution in [0.1, 0.15) is 23.7 Å². The first-order valence-electron chi connectivity index (χ1n) is 5.74. The lowest BCUT2D eigenvalue weighted by Crippen LogP contribution is -2.07. The minimum Gasteiger partial charge on any atom is -0.329 e. The normalized spacial score (nSPS) is 13.0. The van der Waals surface area contributed by atoms with E-state index in [1.165, 1.54) is 0 Å². The van der Waals surface area contributed by atoms with Gasteiger partial charge in [-0.05, 0) is 48.1 Å². The van der Waals surface area contributed by atoms with E-state index in [4.69, 9.17) is 12.2 Å². The van der Waals surface area contributed by atoms with Gasteiger partial charge >= 0.3 is 0 Å². The second kappa shape index (κ2) is 4.81. The minimum atomic E-state index is 0.0774. The molecule has 1 atom stereocenters. The summed E-state index contributed by atoms with van der Waals surface area (Å²) in [4.78, 5) is 12.2. The Morgan fingerprint density at radius 3 is 3.00 bits per heavy atom. The van der Waals surface area contributed by atoms with E-state index >= 15 is 0 Å². The maximum absolute atomic E-state index is 5.41. The largest absolute Gasteiger partial charge is 0.329 e. The molecule has 3 aromatic heterocycles. The summed E-state index contributed by atoms with van der Waals surface area (Å²) in [5.41, 5.74) is 2.82. The first kappa shape index (κ1) is 13.0. The zero-order valence-corrected chi connectivity index (χ0v) is 13.6. The topological polar surface area (TPSA) is 46.5 Å². The average molecular weight is 355 g/mol. The third-order valence-corrected chi connectivity index (χ3v) is 4.77. The molecule has 98 valence electrons. The Bertz CT molecular complexity index is 802. The number of rotatable bonds is 2. The van der Waals surface area contributed by atoms with Crippen LogP contribution in [-0.2, 0) is 0 Å². The summed E-state index contributed by atoms with van der Waals surface area (Å²) in [5.74, 6) is 0. The fraction of sp³-hybridized carbons (Fsp3) is 0.250. The number of hydrogen-bond donors (Lipinski definition) is 1. The highest BCUT2D eigenvalue weighted by Gasteiger charge is 2.16. The summed E-state index contributed by atoms with van der Waals surface area (Å²) in [6.07, 6.45) is 1.78. The zero-order chi connectivity index (χ0) is 13.6. The third-order valence-electron chi connectivity index (χ3n) is 2.90. The molecule has 0 spiro atoms. The van der Waals surface area contributed by atoms with Gasteiger partial charge in [0.25, 0.3) is 0 Å². The number of aromatic nitrogens is 4. The van der Waals surface area contributed by atoms with Gasteiger partial charge in [0, 0.05) is 21.7 Å². The quantitative estimate of drug-likeness (QED) is 0.700. The van der Waals surface area contributed by atoms with Crippen molar-refractivity contribution >= 4 is 50.6 Å². The Labute approximate surface area is 127 Å². The van der Waals surface area contributed by atoms with Crippen LogP contribution in [0, 0.1) is 11.7 Å². The molecular formula is C12H11BrN4S2. The van der Waals surface area contributed by atoms with Crippen LogP contribution in [0.25, 0.3) is 11.2 Å². The first-order chi connectivity index (χ1) is 9.06. The van der Waals surface area contributed by atoms with Gasteiger partial charge in [0.15, 0.2) is 10.4 Å². The molecule has 4 nitrogen and oxygen atoms in total. The van der Waals surface area contributed by atoms with E-state index in [9.17, 15) is 0 Å². The lowest BCUT2D eigenvalue weighted by molar-refractivity contribution is 0.638. The fourth-order valence-electron chi connectivity index (χ4n) is 2.02. The molecular weight excluding hydrogens is 344 g/mol. The van der Waals surface area contributed by atoms with E-state index in [0.717, 1.165) is 26.3 Å². The van der Waals surface area contributed by atoms with Crippen LogP contribution < -0.4 is 0 Å². The van der Waals surface area contributed by atoms with Crippen molar-refractivity contribution in [2.75, 3.05) is 0 Å². The molecule has 0 aliphatic rings. The number of H-pyrrole nitrogens is 1. The SMILES string of the molecule is Cc1csc(C(C)n2c(=S)[nH]c3cc(Br)cnc32)n1. The van der Waals surface area contributed by atoms with E-state index in [0.29, 0.717) is 4.77 Å². The third kappa shape index (κ3) is 2.26. The number of pyridine rings is 1. The number of imidazole rings is 1. The highest BCUT2D eigenvalue weighted by atomic mass is 79.9. The minimum absolute atomic E-state index is 0.0774. The number of hydrogen-bond acceptors (Lipinski definition) is 4. The standard InChI is InChI=1S/C12H11BrN4S2/c1-6-5-19-11(15-6)7(2)17-10-9(16-12(17)18)3-8(13)4-14-10/h3-5,7H,1-2H3,(H,16,18). The predicted octanol–water partition coefficient (Wildman–Crippen LogP) is 4.23. The molecule has 3 heterocycles. The lowest BCUT2D eigenvalue weighted by atomic mass is 10.3. The van der Waals surface area contributed by atoms with Gasteiger partial charge in [0.1, 0.15) is 5.01 Å². The number of aryl methyl sites for hydroxylation is 1. The summed E-state index contributed by atoms with van der Waals surface area (Å²) in [6, 6.07) is 2.06. The van der Waals surface area contributed by atoms with Crippen LogP contribution in [0.4, 0.5) is 0 Å². The lowest BCUT2D eigenvalue weighted by Gasteiger charge is -2.10. The van der Waals surface area contributed by atoms with E-state index in [2.05, 4.69) is 37.8 Å². The van der Waals surface area contributed by atoms with Crippen LogP contribution >= 0.6 is 39.5 Å². The zero-order valence-electron chi connectivity index (χ0n) is 10.3. The van der Waals surface area contributed by atoms with Gasteiger partial charge < -0.3 is 4.98 Å². The summed E-state index contributed by atoms with van der Waals surface area (Å²) >= 11 is 10.5. The van der Waals surface area contributed by atoms with Crippen LogP contribution in [0.15, 0.2) is 22.1 Å². The molecule has 0 aliphatic heterocycles. The second-order valence-corrected chi connectivity index (χ2v) is 6.52. The van der Waals surface area contributed by atoms with Gasteiger partial charge in [0.05, 0.1) is 11.6 Å². The highest BCUT2D eigenvalue weighted by Crippen LogP contribution is 2.26. The molecule has 0 fully saturated rings. The van der Waals surface area contributed by atoms with Gasteiger partial charge in [-0.3, -0.25) is 4.57 Å². The van der Waals surface area contributed by atoms with Gasteiger partial charge in [0.2, 0.25) is 0 Å². The van der Waals surface area contributed by atoms with Gasteiger partial charge in [-0.1, -0.05) is 0 Å². The second-order valence-electron chi connectivity index (χ2n) is 4.33. The van der Waals surface area contributed by atoms with Gasteiger partial charge in [-0.25, -0.2) is 9.97 Å². The van der Waals surface area contributed by atoms with Crippen molar-refractivity contribution in [1.82, 2.24) is 19.5 Å². The van der Waals surface area contributed by atoms with E-state index in [1.54, 1.807) is 17.5 Å². The maximum Gasteiger partial charge on any atom is 0.179 e. The van der Waals surface area contributed by atoms with Crippen LogP contribution in [0.5, 0.6) is 0 Å². The van der Waals surface area contributed by atoms with E-state index in [1.807, 2.05) is 22.9 Å². The molecule has 7 heteroatoms. The number of thiazole rings is 1. The number of halogens is 1.